The van der Waals surface area contributed by atoms with Crippen LogP contribution in [0, 0.1) is 5.82 Å². The lowest BCUT2D eigenvalue weighted by atomic mass is 10.1. The molecule has 3 aromatic rings. The molecule has 5 rings (SSSR count). The van der Waals surface area contributed by atoms with Crippen LogP contribution in [0.15, 0.2) is 36.7 Å². The van der Waals surface area contributed by atoms with Crippen molar-refractivity contribution >= 4 is 45.6 Å². The molecule has 2 aliphatic heterocycles. The molecule has 1 amide bonds. The van der Waals surface area contributed by atoms with Crippen LogP contribution < -0.4 is 20.7 Å². The number of hydrogen-bond acceptors (Lipinski definition) is 8. The number of halogens is 2. The molecule has 0 radical (unpaired) electrons. The van der Waals surface area contributed by atoms with Gasteiger partial charge in [0.05, 0.1) is 42.1 Å². The number of carbonyl (C=O) groups excluding carboxylic acids is 1. The standard InChI is InChI=1S/C26H30ClFN6O3/c27-19-13-17(4-5-20(19)28)32-25-18-14-23(33-26(35)21-3-1-6-29-21)24(15-22(18)30-16-31-25)37-10-2-7-34-8-11-36-12-9-34/h4-5,13-16,21,29H,1-3,6-12H2,(H,33,35)(H,30,31,32)/t21-/m1/s1. The van der Waals surface area contributed by atoms with Crippen molar-refractivity contribution in [3.05, 3.63) is 47.5 Å². The third kappa shape index (κ3) is 6.45. The number of nitrogens with zero attached hydrogens (tertiary/aromatic N) is 3. The molecule has 2 fully saturated rings. The SMILES string of the molecule is O=C(Nc1cc2c(Nc3ccc(F)c(Cl)c3)ncnc2cc1OCCCN1CCOCC1)[C@H]1CCCN1. The highest BCUT2D eigenvalue weighted by Gasteiger charge is 2.23. The van der Waals surface area contributed by atoms with Gasteiger partial charge in [-0.1, -0.05) is 11.6 Å². The van der Waals surface area contributed by atoms with Gasteiger partial charge < -0.3 is 25.4 Å². The van der Waals surface area contributed by atoms with Gasteiger partial charge in [-0.3, -0.25) is 9.69 Å². The molecular weight excluding hydrogens is 499 g/mol. The summed E-state index contributed by atoms with van der Waals surface area (Å²) in [6, 6.07) is 7.74. The van der Waals surface area contributed by atoms with Gasteiger partial charge in [0.2, 0.25) is 5.91 Å². The molecule has 1 aromatic heterocycles. The first-order valence-electron chi connectivity index (χ1n) is 12.5. The summed E-state index contributed by atoms with van der Waals surface area (Å²) in [5, 5.41) is 10.1. The van der Waals surface area contributed by atoms with Gasteiger partial charge in [0, 0.05) is 36.8 Å². The fourth-order valence-electron chi connectivity index (χ4n) is 4.53. The predicted molar refractivity (Wildman–Crippen MR) is 141 cm³/mol. The van der Waals surface area contributed by atoms with E-state index < -0.39 is 5.82 Å². The van der Waals surface area contributed by atoms with E-state index in [2.05, 4.69) is 30.8 Å². The lowest BCUT2D eigenvalue weighted by molar-refractivity contribution is -0.117. The van der Waals surface area contributed by atoms with E-state index in [9.17, 15) is 9.18 Å². The van der Waals surface area contributed by atoms with E-state index in [-0.39, 0.29) is 17.0 Å². The summed E-state index contributed by atoms with van der Waals surface area (Å²) < 4.78 is 25.2. The van der Waals surface area contributed by atoms with Crippen molar-refractivity contribution in [1.29, 1.82) is 0 Å². The molecule has 0 aliphatic carbocycles. The monoisotopic (exact) mass is 528 g/mol. The lowest BCUT2D eigenvalue weighted by Crippen LogP contribution is -2.37. The van der Waals surface area contributed by atoms with Crippen molar-refractivity contribution in [2.24, 2.45) is 0 Å². The number of ether oxygens (including phenoxy) is 2. The Labute approximate surface area is 219 Å². The first kappa shape index (κ1) is 25.6. The highest BCUT2D eigenvalue weighted by Crippen LogP contribution is 2.34. The van der Waals surface area contributed by atoms with Crippen molar-refractivity contribution in [3.63, 3.8) is 0 Å². The van der Waals surface area contributed by atoms with Gasteiger partial charge >= 0.3 is 0 Å². The van der Waals surface area contributed by atoms with Crippen LogP contribution in [0.5, 0.6) is 5.75 Å². The number of morpholine rings is 1. The van der Waals surface area contributed by atoms with Gasteiger partial charge in [-0.2, -0.15) is 0 Å². The fourth-order valence-corrected chi connectivity index (χ4v) is 4.71. The Hall–Kier alpha value is -3.05. The fraction of sp³-hybridized carbons (Fsp3) is 0.423. The molecular formula is C26H30ClFN6O3. The van der Waals surface area contributed by atoms with Gasteiger partial charge in [-0.25, -0.2) is 14.4 Å². The number of carbonyl (C=O) groups is 1. The molecule has 3 heterocycles. The van der Waals surface area contributed by atoms with Crippen LogP contribution in [0.2, 0.25) is 5.02 Å². The topological polar surface area (TPSA) is 101 Å². The van der Waals surface area contributed by atoms with Crippen LogP contribution in [0.3, 0.4) is 0 Å². The summed E-state index contributed by atoms with van der Waals surface area (Å²) in [6.45, 7) is 5.62. The number of benzene rings is 2. The normalized spacial score (nSPS) is 18.2. The molecule has 3 N–H and O–H groups in total. The van der Waals surface area contributed by atoms with E-state index in [1.165, 1.54) is 18.5 Å². The van der Waals surface area contributed by atoms with Crippen molar-refractivity contribution in [3.8, 4) is 5.75 Å². The molecule has 196 valence electrons. The number of aromatic nitrogens is 2. The number of rotatable bonds is 9. The van der Waals surface area contributed by atoms with Gasteiger partial charge in [-0.15, -0.1) is 0 Å². The molecule has 0 saturated carbocycles. The molecule has 2 aliphatic rings. The Bertz CT molecular complexity index is 1250. The summed E-state index contributed by atoms with van der Waals surface area (Å²) in [4.78, 5) is 24.1. The quantitative estimate of drug-likeness (QED) is 0.359. The third-order valence-corrected chi connectivity index (χ3v) is 6.82. The van der Waals surface area contributed by atoms with E-state index in [4.69, 9.17) is 21.1 Å². The largest absolute Gasteiger partial charge is 0.491 e. The van der Waals surface area contributed by atoms with E-state index in [1.54, 1.807) is 6.07 Å². The van der Waals surface area contributed by atoms with E-state index >= 15 is 0 Å². The zero-order valence-corrected chi connectivity index (χ0v) is 21.2. The first-order chi connectivity index (χ1) is 18.1. The second-order valence-electron chi connectivity index (χ2n) is 9.14. The van der Waals surface area contributed by atoms with Crippen LogP contribution in [-0.4, -0.2) is 72.8 Å². The third-order valence-electron chi connectivity index (χ3n) is 6.53. The number of nitrogens with one attached hydrogen (secondary N) is 3. The van der Waals surface area contributed by atoms with Crippen LogP contribution in [0.25, 0.3) is 10.9 Å². The van der Waals surface area contributed by atoms with Crippen molar-refractivity contribution < 1.29 is 18.7 Å². The minimum atomic E-state index is -0.499. The maximum atomic E-state index is 13.6. The molecule has 37 heavy (non-hydrogen) atoms. The summed E-state index contributed by atoms with van der Waals surface area (Å²) >= 11 is 5.95. The van der Waals surface area contributed by atoms with Gasteiger partial charge in [-0.05, 0) is 50.1 Å². The average molecular weight is 529 g/mol. The minimum absolute atomic E-state index is 0.00754. The maximum Gasteiger partial charge on any atom is 0.241 e. The molecule has 2 aromatic carbocycles. The summed E-state index contributed by atoms with van der Waals surface area (Å²) in [7, 11) is 0. The highest BCUT2D eigenvalue weighted by molar-refractivity contribution is 6.31. The molecule has 0 unspecified atom stereocenters. The second-order valence-corrected chi connectivity index (χ2v) is 9.54. The van der Waals surface area contributed by atoms with Crippen LogP contribution in [0.1, 0.15) is 19.3 Å². The number of fused-ring (bicyclic) bond motifs is 1. The number of hydrogen-bond donors (Lipinski definition) is 3. The zero-order valence-electron chi connectivity index (χ0n) is 20.4. The van der Waals surface area contributed by atoms with Gasteiger partial charge in [0.1, 0.15) is 23.7 Å². The van der Waals surface area contributed by atoms with Crippen LogP contribution in [-0.2, 0) is 9.53 Å². The molecule has 0 spiro atoms. The van der Waals surface area contributed by atoms with E-state index in [0.717, 1.165) is 58.7 Å². The first-order valence-corrected chi connectivity index (χ1v) is 12.9. The Balaban J connectivity index is 1.38. The van der Waals surface area contributed by atoms with Gasteiger partial charge in [0.15, 0.2) is 0 Å². The Morgan fingerprint density at radius 2 is 2.11 bits per heavy atom. The lowest BCUT2D eigenvalue weighted by Gasteiger charge is -2.26. The second kappa shape index (κ2) is 12.0. The summed E-state index contributed by atoms with van der Waals surface area (Å²) in [5.74, 6) is 0.448. The highest BCUT2D eigenvalue weighted by atomic mass is 35.5. The number of anilines is 3. The molecule has 0 bridgehead atoms. The Kier molecular flexibility index (Phi) is 8.30. The molecule has 11 heteroatoms. The summed E-state index contributed by atoms with van der Waals surface area (Å²) in [6.07, 6.45) is 4.04. The average Bonchev–Trinajstić information content (AvgIpc) is 3.45. The predicted octanol–water partition coefficient (Wildman–Crippen LogP) is 3.96. The van der Waals surface area contributed by atoms with E-state index in [1.807, 2.05) is 12.1 Å². The maximum absolute atomic E-state index is 13.6. The molecule has 1 atom stereocenters. The minimum Gasteiger partial charge on any atom is -0.491 e. The van der Waals surface area contributed by atoms with Crippen molar-refractivity contribution in [2.75, 3.05) is 56.6 Å². The van der Waals surface area contributed by atoms with E-state index in [0.29, 0.717) is 40.5 Å². The number of amides is 1. The van der Waals surface area contributed by atoms with Crippen LogP contribution in [0.4, 0.5) is 21.6 Å². The Morgan fingerprint density at radius 1 is 1.24 bits per heavy atom. The molecule has 2 saturated heterocycles. The summed E-state index contributed by atoms with van der Waals surface area (Å²) in [5.41, 5.74) is 1.77. The smallest absolute Gasteiger partial charge is 0.241 e. The van der Waals surface area contributed by atoms with Crippen LogP contribution >= 0.6 is 11.6 Å². The zero-order chi connectivity index (χ0) is 25.6. The molecule has 9 nitrogen and oxygen atoms in total. The van der Waals surface area contributed by atoms with Crippen molar-refractivity contribution in [1.82, 2.24) is 20.2 Å². The Morgan fingerprint density at radius 3 is 2.89 bits per heavy atom. The van der Waals surface area contributed by atoms with Gasteiger partial charge in [0.25, 0.3) is 0 Å². The van der Waals surface area contributed by atoms with Crippen molar-refractivity contribution in [2.45, 2.75) is 25.3 Å².